The normalized spacial score (nSPS) is 12.2. The van der Waals surface area contributed by atoms with E-state index in [-0.39, 0.29) is 6.04 Å². The van der Waals surface area contributed by atoms with Crippen LogP contribution in [0.25, 0.3) is 0 Å². The summed E-state index contributed by atoms with van der Waals surface area (Å²) in [5.41, 5.74) is 6.71. The number of anilines is 2. The number of ether oxygens (including phenoxy) is 1. The zero-order valence-electron chi connectivity index (χ0n) is 11.1. The minimum Gasteiger partial charge on any atom is -0.383 e. The minimum atomic E-state index is -0.560. The highest BCUT2D eigenvalue weighted by Gasteiger charge is 2.12. The Morgan fingerprint density at radius 1 is 1.28 bits per heavy atom. The van der Waals surface area contributed by atoms with Gasteiger partial charge >= 0.3 is 6.03 Å². The highest BCUT2D eigenvalue weighted by atomic mass is 16.5. The molecule has 0 bridgehead atoms. The maximum absolute atomic E-state index is 10.7. The van der Waals surface area contributed by atoms with Crippen LogP contribution in [-0.2, 0) is 4.74 Å². The van der Waals surface area contributed by atoms with Gasteiger partial charge in [0.05, 0.1) is 12.6 Å². The van der Waals surface area contributed by atoms with Gasteiger partial charge in [0.1, 0.15) is 0 Å². The van der Waals surface area contributed by atoms with E-state index in [1.54, 1.807) is 19.2 Å². The molecule has 0 aliphatic heterocycles. The summed E-state index contributed by atoms with van der Waals surface area (Å²) in [6, 6.07) is 7.10. The van der Waals surface area contributed by atoms with Crippen LogP contribution in [0.15, 0.2) is 24.3 Å². The van der Waals surface area contributed by atoms with E-state index in [0.717, 1.165) is 5.69 Å². The van der Waals surface area contributed by atoms with Crippen LogP contribution in [0.4, 0.5) is 16.2 Å². The lowest BCUT2D eigenvalue weighted by molar-refractivity contribution is 0.171. The maximum Gasteiger partial charge on any atom is 0.316 e. The molecule has 4 N–H and O–H groups in total. The largest absolute Gasteiger partial charge is 0.383 e. The van der Waals surface area contributed by atoms with Crippen molar-refractivity contribution >= 4 is 17.4 Å². The molecule has 1 atom stereocenters. The molecule has 0 aromatic heterocycles. The third kappa shape index (κ3) is 4.63. The van der Waals surface area contributed by atoms with Crippen molar-refractivity contribution in [2.75, 3.05) is 24.4 Å². The Morgan fingerprint density at radius 3 is 2.28 bits per heavy atom. The second-order valence-electron chi connectivity index (χ2n) is 4.52. The standard InChI is InChI=1S/C13H21N3O2/c1-9(2)12(8-18-3)15-10-4-6-11(7-5-10)16-13(14)17/h4-7,9,12,15H,8H2,1-3H3,(H3,14,16,17). The Labute approximate surface area is 108 Å². The fourth-order valence-electron chi connectivity index (χ4n) is 1.59. The van der Waals surface area contributed by atoms with Crippen molar-refractivity contribution in [1.82, 2.24) is 0 Å². The summed E-state index contributed by atoms with van der Waals surface area (Å²) in [4.78, 5) is 10.7. The number of primary amides is 1. The number of carbonyl (C=O) groups excluding carboxylic acids is 1. The highest BCUT2D eigenvalue weighted by Crippen LogP contribution is 2.16. The van der Waals surface area contributed by atoms with Crippen LogP contribution < -0.4 is 16.4 Å². The van der Waals surface area contributed by atoms with Gasteiger partial charge in [0, 0.05) is 18.5 Å². The van der Waals surface area contributed by atoms with Crippen LogP contribution in [0.3, 0.4) is 0 Å². The van der Waals surface area contributed by atoms with Gasteiger partial charge in [-0.25, -0.2) is 4.79 Å². The van der Waals surface area contributed by atoms with Crippen molar-refractivity contribution in [2.45, 2.75) is 19.9 Å². The van der Waals surface area contributed by atoms with E-state index in [2.05, 4.69) is 24.5 Å². The van der Waals surface area contributed by atoms with E-state index >= 15 is 0 Å². The van der Waals surface area contributed by atoms with Gasteiger partial charge in [0.2, 0.25) is 0 Å². The Hall–Kier alpha value is -1.75. The van der Waals surface area contributed by atoms with Gasteiger partial charge in [-0.2, -0.15) is 0 Å². The molecule has 0 fully saturated rings. The Kier molecular flexibility index (Phi) is 5.45. The van der Waals surface area contributed by atoms with Gasteiger partial charge in [-0.3, -0.25) is 0 Å². The maximum atomic E-state index is 10.7. The third-order valence-electron chi connectivity index (χ3n) is 2.66. The summed E-state index contributed by atoms with van der Waals surface area (Å²) < 4.78 is 5.18. The molecule has 1 aromatic rings. The molecule has 0 aliphatic rings. The first-order chi connectivity index (χ1) is 8.52. The number of methoxy groups -OCH3 is 1. The third-order valence-corrected chi connectivity index (χ3v) is 2.66. The van der Waals surface area contributed by atoms with Gasteiger partial charge in [-0.05, 0) is 30.2 Å². The van der Waals surface area contributed by atoms with Gasteiger partial charge in [0.25, 0.3) is 0 Å². The zero-order chi connectivity index (χ0) is 13.5. The quantitative estimate of drug-likeness (QED) is 0.725. The molecule has 18 heavy (non-hydrogen) atoms. The van der Waals surface area contributed by atoms with E-state index in [1.165, 1.54) is 0 Å². The number of rotatable bonds is 6. The van der Waals surface area contributed by atoms with E-state index < -0.39 is 6.03 Å². The van der Waals surface area contributed by atoms with Crippen molar-refractivity contribution in [2.24, 2.45) is 11.7 Å². The molecule has 5 nitrogen and oxygen atoms in total. The predicted octanol–water partition coefficient (Wildman–Crippen LogP) is 2.26. The minimum absolute atomic E-state index is 0.255. The molecule has 0 spiro atoms. The smallest absolute Gasteiger partial charge is 0.316 e. The molecule has 5 heteroatoms. The molecule has 1 aromatic carbocycles. The van der Waals surface area contributed by atoms with Crippen LogP contribution in [0.1, 0.15) is 13.8 Å². The van der Waals surface area contributed by atoms with Crippen LogP contribution in [0.5, 0.6) is 0 Å². The number of urea groups is 1. The fourth-order valence-corrected chi connectivity index (χ4v) is 1.59. The van der Waals surface area contributed by atoms with Crippen molar-refractivity contribution in [3.05, 3.63) is 24.3 Å². The van der Waals surface area contributed by atoms with Gasteiger partial charge < -0.3 is 21.1 Å². The number of benzene rings is 1. The lowest BCUT2D eigenvalue weighted by Crippen LogP contribution is -2.30. The van der Waals surface area contributed by atoms with Crippen LogP contribution in [-0.4, -0.2) is 25.8 Å². The van der Waals surface area contributed by atoms with Crippen LogP contribution >= 0.6 is 0 Å². The van der Waals surface area contributed by atoms with Crippen molar-refractivity contribution in [3.63, 3.8) is 0 Å². The summed E-state index contributed by atoms with van der Waals surface area (Å²) in [6.45, 7) is 4.93. The molecule has 0 saturated heterocycles. The van der Waals surface area contributed by atoms with Gasteiger partial charge in [-0.1, -0.05) is 13.8 Å². The molecule has 0 aliphatic carbocycles. The molecule has 1 unspecified atom stereocenters. The average Bonchev–Trinajstić information content (AvgIpc) is 2.30. The Morgan fingerprint density at radius 2 is 1.83 bits per heavy atom. The first-order valence-electron chi connectivity index (χ1n) is 5.95. The number of carbonyl (C=O) groups is 1. The van der Waals surface area contributed by atoms with Crippen molar-refractivity contribution in [1.29, 1.82) is 0 Å². The summed E-state index contributed by atoms with van der Waals surface area (Å²) >= 11 is 0. The molecule has 100 valence electrons. The van der Waals surface area contributed by atoms with E-state index in [0.29, 0.717) is 18.2 Å². The number of nitrogens with two attached hydrogens (primary N) is 1. The lowest BCUT2D eigenvalue weighted by atomic mass is 10.1. The molecule has 2 amide bonds. The van der Waals surface area contributed by atoms with Crippen molar-refractivity contribution < 1.29 is 9.53 Å². The topological polar surface area (TPSA) is 76.4 Å². The Balaban J connectivity index is 2.64. The van der Waals surface area contributed by atoms with Gasteiger partial charge in [-0.15, -0.1) is 0 Å². The average molecular weight is 251 g/mol. The van der Waals surface area contributed by atoms with E-state index in [4.69, 9.17) is 10.5 Å². The van der Waals surface area contributed by atoms with E-state index in [9.17, 15) is 4.79 Å². The van der Waals surface area contributed by atoms with Crippen LogP contribution in [0, 0.1) is 5.92 Å². The number of hydrogen-bond acceptors (Lipinski definition) is 3. The molecule has 0 saturated carbocycles. The summed E-state index contributed by atoms with van der Waals surface area (Å²) in [7, 11) is 1.69. The molecule has 0 heterocycles. The number of amides is 2. The lowest BCUT2D eigenvalue weighted by Gasteiger charge is -2.22. The fraction of sp³-hybridized carbons (Fsp3) is 0.462. The van der Waals surface area contributed by atoms with Crippen molar-refractivity contribution in [3.8, 4) is 0 Å². The predicted molar refractivity (Wildman–Crippen MR) is 73.8 cm³/mol. The monoisotopic (exact) mass is 251 g/mol. The second kappa shape index (κ2) is 6.86. The zero-order valence-corrected chi connectivity index (χ0v) is 11.1. The summed E-state index contributed by atoms with van der Waals surface area (Å²) in [5, 5.41) is 5.91. The SMILES string of the molecule is COCC(Nc1ccc(NC(N)=O)cc1)C(C)C. The molecular formula is C13H21N3O2. The first-order valence-corrected chi connectivity index (χ1v) is 5.95. The van der Waals surface area contributed by atoms with Crippen LogP contribution in [0.2, 0.25) is 0 Å². The highest BCUT2D eigenvalue weighted by molar-refractivity contribution is 5.87. The Bertz CT molecular complexity index is 376. The molecule has 0 radical (unpaired) electrons. The number of hydrogen-bond donors (Lipinski definition) is 3. The summed E-state index contributed by atoms with van der Waals surface area (Å²) in [5.74, 6) is 0.466. The number of nitrogens with one attached hydrogen (secondary N) is 2. The second-order valence-corrected chi connectivity index (χ2v) is 4.52. The summed E-state index contributed by atoms with van der Waals surface area (Å²) in [6.07, 6.45) is 0. The first kappa shape index (κ1) is 14.3. The molecule has 1 rings (SSSR count). The van der Waals surface area contributed by atoms with Gasteiger partial charge in [0.15, 0.2) is 0 Å². The van der Waals surface area contributed by atoms with E-state index in [1.807, 2.05) is 12.1 Å². The molecular weight excluding hydrogens is 230 g/mol.